The Kier molecular flexibility index (Phi) is 4.87. The first-order chi connectivity index (χ1) is 10.1. The number of carboxylic acids is 1. The summed E-state index contributed by atoms with van der Waals surface area (Å²) in [6.07, 6.45) is 0.976. The van der Waals surface area contributed by atoms with Crippen LogP contribution in [0, 0.1) is 6.92 Å². The van der Waals surface area contributed by atoms with Gasteiger partial charge in [0.05, 0.1) is 13.2 Å². The zero-order valence-electron chi connectivity index (χ0n) is 12.2. The molecule has 2 rings (SSSR count). The van der Waals surface area contributed by atoms with Crippen molar-refractivity contribution in [2.75, 3.05) is 11.9 Å². The van der Waals surface area contributed by atoms with Crippen LogP contribution in [0.25, 0.3) is 0 Å². The molecule has 0 spiro atoms. The van der Waals surface area contributed by atoms with Crippen molar-refractivity contribution >= 4 is 11.7 Å². The summed E-state index contributed by atoms with van der Waals surface area (Å²) in [5.74, 6) is 0.878. The summed E-state index contributed by atoms with van der Waals surface area (Å²) in [5, 5.41) is 12.2. The molecule has 0 unspecified atom stereocenters. The van der Waals surface area contributed by atoms with Crippen LogP contribution in [0.2, 0.25) is 0 Å². The highest BCUT2D eigenvalue weighted by molar-refractivity contribution is 5.88. The molecule has 0 fully saturated rings. The number of benzene rings is 1. The van der Waals surface area contributed by atoms with Crippen LogP contribution in [0.3, 0.4) is 0 Å². The van der Waals surface area contributed by atoms with Crippen LogP contribution in [0.15, 0.2) is 34.7 Å². The maximum Gasteiger partial charge on any atom is 0.339 e. The average molecular weight is 289 g/mol. The first-order valence-electron chi connectivity index (χ1n) is 6.89. The second-order valence-corrected chi connectivity index (χ2v) is 4.71. The van der Waals surface area contributed by atoms with E-state index in [-0.39, 0.29) is 5.56 Å². The van der Waals surface area contributed by atoms with Crippen molar-refractivity contribution in [2.24, 2.45) is 0 Å². The lowest BCUT2D eigenvalue weighted by molar-refractivity contribution is 0.0695. The van der Waals surface area contributed by atoms with Crippen molar-refractivity contribution in [3.63, 3.8) is 0 Å². The molecule has 1 aromatic carbocycles. The summed E-state index contributed by atoms with van der Waals surface area (Å²) in [5.41, 5.74) is 1.12. The molecule has 0 bridgehead atoms. The Morgan fingerprint density at radius 3 is 2.62 bits per heavy atom. The van der Waals surface area contributed by atoms with Crippen LogP contribution in [0.1, 0.15) is 35.2 Å². The highest BCUT2D eigenvalue weighted by Gasteiger charge is 2.13. The second kappa shape index (κ2) is 6.83. The molecule has 21 heavy (non-hydrogen) atoms. The normalized spacial score (nSPS) is 10.4. The molecular formula is C16H19NO4. The van der Waals surface area contributed by atoms with Gasteiger partial charge < -0.3 is 19.6 Å². The van der Waals surface area contributed by atoms with Gasteiger partial charge in [-0.25, -0.2) is 4.79 Å². The van der Waals surface area contributed by atoms with Gasteiger partial charge in [-0.15, -0.1) is 0 Å². The fourth-order valence-electron chi connectivity index (χ4n) is 1.92. The van der Waals surface area contributed by atoms with E-state index in [4.69, 9.17) is 14.3 Å². The second-order valence-electron chi connectivity index (χ2n) is 4.71. The average Bonchev–Trinajstić information content (AvgIpc) is 2.85. The maximum atomic E-state index is 10.9. The van der Waals surface area contributed by atoms with Crippen LogP contribution >= 0.6 is 0 Å². The molecule has 112 valence electrons. The summed E-state index contributed by atoms with van der Waals surface area (Å²) >= 11 is 0. The van der Waals surface area contributed by atoms with Crippen molar-refractivity contribution in [1.82, 2.24) is 0 Å². The van der Waals surface area contributed by atoms with E-state index in [2.05, 4.69) is 12.2 Å². The number of carbonyl (C=O) groups is 1. The minimum atomic E-state index is -0.972. The number of anilines is 1. The SMILES string of the molecule is CCCOc1ccc(NCc2cc(C(=O)O)c(C)o2)cc1. The van der Waals surface area contributed by atoms with E-state index in [0.717, 1.165) is 17.9 Å². The lowest BCUT2D eigenvalue weighted by Crippen LogP contribution is -1.99. The zero-order valence-corrected chi connectivity index (χ0v) is 12.2. The van der Waals surface area contributed by atoms with Gasteiger partial charge in [0.15, 0.2) is 0 Å². The van der Waals surface area contributed by atoms with Gasteiger partial charge in [0.25, 0.3) is 0 Å². The lowest BCUT2D eigenvalue weighted by Gasteiger charge is -2.07. The Morgan fingerprint density at radius 1 is 1.33 bits per heavy atom. The first kappa shape index (κ1) is 15.0. The van der Waals surface area contributed by atoms with Gasteiger partial charge in [0, 0.05) is 5.69 Å². The highest BCUT2D eigenvalue weighted by atomic mass is 16.5. The zero-order chi connectivity index (χ0) is 15.2. The van der Waals surface area contributed by atoms with Gasteiger partial charge in [0.2, 0.25) is 0 Å². The number of nitrogens with one attached hydrogen (secondary N) is 1. The van der Waals surface area contributed by atoms with Crippen molar-refractivity contribution in [3.8, 4) is 5.75 Å². The van der Waals surface area contributed by atoms with Crippen molar-refractivity contribution in [2.45, 2.75) is 26.8 Å². The molecule has 0 saturated heterocycles. The standard InChI is InChI=1S/C16H19NO4/c1-3-8-20-13-6-4-12(5-7-13)17-10-14-9-15(16(18)19)11(2)21-14/h4-7,9,17H,3,8,10H2,1-2H3,(H,18,19). The monoisotopic (exact) mass is 289 g/mol. The summed E-state index contributed by atoms with van der Waals surface area (Å²) in [7, 11) is 0. The van der Waals surface area contributed by atoms with E-state index >= 15 is 0 Å². The molecule has 1 heterocycles. The van der Waals surface area contributed by atoms with E-state index in [0.29, 0.717) is 24.7 Å². The smallest absolute Gasteiger partial charge is 0.339 e. The molecule has 0 saturated carbocycles. The summed E-state index contributed by atoms with van der Waals surface area (Å²) in [6, 6.07) is 9.17. The predicted molar refractivity (Wildman–Crippen MR) is 80.0 cm³/mol. The molecule has 0 aliphatic heterocycles. The molecule has 2 aromatic rings. The minimum Gasteiger partial charge on any atom is -0.494 e. The van der Waals surface area contributed by atoms with E-state index < -0.39 is 5.97 Å². The van der Waals surface area contributed by atoms with Gasteiger partial charge in [-0.2, -0.15) is 0 Å². The fraction of sp³-hybridized carbons (Fsp3) is 0.312. The maximum absolute atomic E-state index is 10.9. The minimum absolute atomic E-state index is 0.204. The van der Waals surface area contributed by atoms with Crippen LogP contribution in [0.4, 0.5) is 5.69 Å². The highest BCUT2D eigenvalue weighted by Crippen LogP contribution is 2.19. The molecule has 0 radical (unpaired) electrons. The van der Waals surface area contributed by atoms with Crippen molar-refractivity contribution in [1.29, 1.82) is 0 Å². The number of carboxylic acid groups (broad SMARTS) is 1. The third-order valence-electron chi connectivity index (χ3n) is 2.99. The molecular weight excluding hydrogens is 270 g/mol. The van der Waals surface area contributed by atoms with Gasteiger partial charge in [0.1, 0.15) is 22.8 Å². The Hall–Kier alpha value is -2.43. The molecule has 5 nitrogen and oxygen atoms in total. The Bertz CT molecular complexity index is 601. The summed E-state index contributed by atoms with van der Waals surface area (Å²) < 4.78 is 10.9. The third kappa shape index (κ3) is 4.02. The first-order valence-corrected chi connectivity index (χ1v) is 6.89. The topological polar surface area (TPSA) is 71.7 Å². The van der Waals surface area contributed by atoms with Crippen LogP contribution in [0.5, 0.6) is 5.75 Å². The number of aromatic carboxylic acids is 1. The fourth-order valence-corrected chi connectivity index (χ4v) is 1.92. The van der Waals surface area contributed by atoms with Gasteiger partial charge >= 0.3 is 5.97 Å². The summed E-state index contributed by atoms with van der Waals surface area (Å²) in [4.78, 5) is 10.9. The van der Waals surface area contributed by atoms with E-state index in [9.17, 15) is 4.79 Å². The van der Waals surface area contributed by atoms with Gasteiger partial charge in [-0.1, -0.05) is 6.92 Å². The summed E-state index contributed by atoms with van der Waals surface area (Å²) in [6.45, 7) is 4.85. The molecule has 0 amide bonds. The number of furan rings is 1. The quantitative estimate of drug-likeness (QED) is 0.813. The van der Waals surface area contributed by atoms with Crippen LogP contribution in [-0.2, 0) is 6.54 Å². The van der Waals surface area contributed by atoms with Crippen molar-refractivity contribution in [3.05, 3.63) is 47.4 Å². The number of aryl methyl sites for hydroxylation is 1. The largest absolute Gasteiger partial charge is 0.494 e. The Balaban J connectivity index is 1.93. The molecule has 1 aromatic heterocycles. The molecule has 0 atom stereocenters. The van der Waals surface area contributed by atoms with E-state index in [1.54, 1.807) is 13.0 Å². The predicted octanol–water partition coefficient (Wildman–Crippen LogP) is 3.69. The van der Waals surface area contributed by atoms with Crippen molar-refractivity contribution < 1.29 is 19.1 Å². The third-order valence-corrected chi connectivity index (χ3v) is 2.99. The molecule has 5 heteroatoms. The lowest BCUT2D eigenvalue weighted by atomic mass is 10.2. The molecule has 0 aliphatic rings. The van der Waals surface area contributed by atoms with Gasteiger partial charge in [-0.05, 0) is 43.7 Å². The Labute approximate surface area is 123 Å². The van der Waals surface area contributed by atoms with E-state index in [1.807, 2.05) is 24.3 Å². The van der Waals surface area contributed by atoms with Crippen LogP contribution in [-0.4, -0.2) is 17.7 Å². The van der Waals surface area contributed by atoms with Crippen LogP contribution < -0.4 is 10.1 Å². The number of ether oxygens (including phenoxy) is 1. The Morgan fingerprint density at radius 2 is 2.05 bits per heavy atom. The number of hydrogen-bond acceptors (Lipinski definition) is 4. The molecule has 2 N–H and O–H groups in total. The number of hydrogen-bond donors (Lipinski definition) is 2. The van der Waals surface area contributed by atoms with Gasteiger partial charge in [-0.3, -0.25) is 0 Å². The van der Waals surface area contributed by atoms with E-state index in [1.165, 1.54) is 0 Å². The number of rotatable bonds is 7. The molecule has 0 aliphatic carbocycles.